The van der Waals surface area contributed by atoms with E-state index in [9.17, 15) is 8.42 Å². The average Bonchev–Trinajstić information content (AvgIpc) is 3.45. The summed E-state index contributed by atoms with van der Waals surface area (Å²) in [6.07, 6.45) is 6.75. The normalized spacial score (nSPS) is 20.6. The minimum atomic E-state index is -3.50. The van der Waals surface area contributed by atoms with Crippen molar-refractivity contribution in [1.29, 1.82) is 0 Å². The maximum atomic E-state index is 13.3. The van der Waals surface area contributed by atoms with Gasteiger partial charge in [-0.1, -0.05) is 55.3 Å². The van der Waals surface area contributed by atoms with Gasteiger partial charge in [0.05, 0.1) is 15.9 Å². The molecule has 0 bridgehead atoms. The molecule has 1 aromatic heterocycles. The topological polar surface area (TPSA) is 55.2 Å². The number of fused-ring (bicyclic) bond motifs is 1. The number of halogens is 1. The molecule has 0 unspecified atom stereocenters. The third-order valence-corrected chi connectivity index (χ3v) is 9.99. The maximum absolute atomic E-state index is 13.3. The van der Waals surface area contributed by atoms with Crippen LogP contribution in [0.5, 0.6) is 0 Å². The van der Waals surface area contributed by atoms with Gasteiger partial charge in [-0.3, -0.25) is 0 Å². The van der Waals surface area contributed by atoms with Gasteiger partial charge < -0.3 is 4.57 Å². The summed E-state index contributed by atoms with van der Waals surface area (Å²) in [5, 5.41) is 1.70. The summed E-state index contributed by atoms with van der Waals surface area (Å²) in [5.41, 5.74) is 3.00. The maximum Gasteiger partial charge on any atom is 0.243 e. The second-order valence-electron chi connectivity index (χ2n) is 9.38. The van der Waals surface area contributed by atoms with Gasteiger partial charge in [-0.05, 0) is 67.5 Å². The lowest BCUT2D eigenvalue weighted by atomic mass is 10.0. The van der Waals surface area contributed by atoms with Crippen molar-refractivity contribution in [2.45, 2.75) is 67.3 Å². The van der Waals surface area contributed by atoms with Crippen LogP contribution in [0.15, 0.2) is 52.5 Å². The van der Waals surface area contributed by atoms with Crippen molar-refractivity contribution in [3.63, 3.8) is 0 Å². The van der Waals surface area contributed by atoms with Gasteiger partial charge in [0.1, 0.15) is 0 Å². The van der Waals surface area contributed by atoms with E-state index >= 15 is 0 Å². The van der Waals surface area contributed by atoms with E-state index in [1.807, 2.05) is 30.3 Å². The number of sulfonamides is 1. The zero-order chi connectivity index (χ0) is 23.0. The number of hydrogen-bond acceptors (Lipinski definition) is 4. The van der Waals surface area contributed by atoms with E-state index in [4.69, 9.17) is 16.6 Å². The summed E-state index contributed by atoms with van der Waals surface area (Å²) in [5.74, 6) is 1.19. The predicted octanol–water partition coefficient (Wildman–Crippen LogP) is 6.52. The van der Waals surface area contributed by atoms with Crippen LogP contribution < -0.4 is 0 Å². The van der Waals surface area contributed by atoms with E-state index in [1.54, 1.807) is 28.2 Å². The number of rotatable bonds is 6. The lowest BCUT2D eigenvalue weighted by molar-refractivity contribution is 0.281. The molecule has 5 nitrogen and oxygen atoms in total. The van der Waals surface area contributed by atoms with Gasteiger partial charge in [-0.2, -0.15) is 4.31 Å². The fourth-order valence-electron chi connectivity index (χ4n) is 5.08. The summed E-state index contributed by atoms with van der Waals surface area (Å²) >= 11 is 7.74. The van der Waals surface area contributed by atoms with Crippen LogP contribution in [0.2, 0.25) is 5.02 Å². The molecule has 8 heteroatoms. The molecule has 0 radical (unpaired) electrons. The summed E-state index contributed by atoms with van der Waals surface area (Å²) in [4.78, 5) is 5.30. The van der Waals surface area contributed by atoms with Crippen LogP contribution in [0.1, 0.15) is 57.1 Å². The summed E-state index contributed by atoms with van der Waals surface area (Å²) in [7, 11) is -3.50. The first-order valence-corrected chi connectivity index (χ1v) is 14.6. The molecule has 1 atom stereocenters. The molecule has 176 valence electrons. The van der Waals surface area contributed by atoms with Crippen molar-refractivity contribution >= 4 is 44.4 Å². The Morgan fingerprint density at radius 2 is 1.82 bits per heavy atom. The van der Waals surface area contributed by atoms with Crippen LogP contribution in [0.25, 0.3) is 11.0 Å². The Morgan fingerprint density at radius 1 is 1.06 bits per heavy atom. The summed E-state index contributed by atoms with van der Waals surface area (Å²) in [6, 6.07) is 13.9. The Kier molecular flexibility index (Phi) is 6.76. The first-order valence-electron chi connectivity index (χ1n) is 11.8. The van der Waals surface area contributed by atoms with Crippen LogP contribution >= 0.6 is 23.4 Å². The standard InChI is InChI=1S/C25H30ClN3O2S2/c1-18-5-4-14-28(16-18)33(30,31)22-12-13-24-23(15-22)27-25(29(24)21-6-2-3-7-21)32-17-19-8-10-20(26)11-9-19/h8-13,15,18,21H,2-7,14,16-17H2,1H3/t18-/m1/s1. The smallest absolute Gasteiger partial charge is 0.243 e. The second kappa shape index (κ2) is 9.61. The molecule has 1 aliphatic carbocycles. The molecule has 0 amide bonds. The fraction of sp³-hybridized carbons (Fsp3) is 0.480. The molecule has 2 heterocycles. The highest BCUT2D eigenvalue weighted by atomic mass is 35.5. The summed E-state index contributed by atoms with van der Waals surface area (Å²) in [6.45, 7) is 3.32. The molecular formula is C25H30ClN3O2S2. The average molecular weight is 504 g/mol. The number of nitrogens with zero attached hydrogens (tertiary/aromatic N) is 3. The molecule has 0 N–H and O–H groups in total. The number of imidazole rings is 1. The van der Waals surface area contributed by atoms with E-state index in [0.29, 0.717) is 29.9 Å². The highest BCUT2D eigenvalue weighted by Gasteiger charge is 2.30. The van der Waals surface area contributed by atoms with Crippen molar-refractivity contribution in [3.05, 3.63) is 53.1 Å². The van der Waals surface area contributed by atoms with E-state index in [1.165, 1.54) is 18.4 Å². The molecule has 0 spiro atoms. The lowest BCUT2D eigenvalue weighted by Crippen LogP contribution is -2.39. The molecule has 33 heavy (non-hydrogen) atoms. The Balaban J connectivity index is 1.48. The molecule has 2 aliphatic rings. The first kappa shape index (κ1) is 23.2. The molecular weight excluding hydrogens is 474 g/mol. The SMILES string of the molecule is C[C@@H]1CCCN(S(=O)(=O)c2ccc3c(c2)nc(SCc2ccc(Cl)cc2)n3C2CCCC2)C1. The monoisotopic (exact) mass is 503 g/mol. The number of aromatic nitrogens is 2. The third-order valence-electron chi connectivity index (χ3n) is 6.86. The van der Waals surface area contributed by atoms with Gasteiger partial charge in [0.2, 0.25) is 10.0 Å². The zero-order valence-corrected chi connectivity index (χ0v) is 21.3. The molecule has 2 fully saturated rings. The van der Waals surface area contributed by atoms with E-state index in [0.717, 1.165) is 52.6 Å². The van der Waals surface area contributed by atoms with Crippen LogP contribution in [0.3, 0.4) is 0 Å². The summed E-state index contributed by atoms with van der Waals surface area (Å²) < 4.78 is 30.7. The van der Waals surface area contributed by atoms with E-state index in [-0.39, 0.29) is 0 Å². The highest BCUT2D eigenvalue weighted by Crippen LogP contribution is 2.38. The minimum Gasteiger partial charge on any atom is -0.316 e. The van der Waals surface area contributed by atoms with E-state index < -0.39 is 10.0 Å². The van der Waals surface area contributed by atoms with Gasteiger partial charge in [-0.15, -0.1) is 0 Å². The van der Waals surface area contributed by atoms with Crippen molar-refractivity contribution in [2.24, 2.45) is 5.92 Å². The first-order chi connectivity index (χ1) is 15.9. The molecule has 3 aromatic rings. The molecule has 1 aliphatic heterocycles. The van der Waals surface area contributed by atoms with Crippen LogP contribution in [0, 0.1) is 5.92 Å². The predicted molar refractivity (Wildman–Crippen MR) is 135 cm³/mol. The zero-order valence-electron chi connectivity index (χ0n) is 18.9. The molecule has 1 saturated heterocycles. The van der Waals surface area contributed by atoms with Gasteiger partial charge in [0.15, 0.2) is 5.16 Å². The van der Waals surface area contributed by atoms with E-state index in [2.05, 4.69) is 11.5 Å². The second-order valence-corrected chi connectivity index (χ2v) is 12.7. The van der Waals surface area contributed by atoms with Crippen molar-refractivity contribution in [3.8, 4) is 0 Å². The molecule has 2 aromatic carbocycles. The van der Waals surface area contributed by atoms with Crippen LogP contribution in [-0.2, 0) is 15.8 Å². The third kappa shape index (κ3) is 4.83. The quantitative estimate of drug-likeness (QED) is 0.359. The molecule has 1 saturated carbocycles. The molecule has 5 rings (SSSR count). The Bertz CT molecular complexity index is 1230. The van der Waals surface area contributed by atoms with Crippen molar-refractivity contribution < 1.29 is 8.42 Å². The number of benzene rings is 2. The number of thioether (sulfide) groups is 1. The Morgan fingerprint density at radius 3 is 2.55 bits per heavy atom. The van der Waals surface area contributed by atoms with Crippen LogP contribution in [0.4, 0.5) is 0 Å². The van der Waals surface area contributed by atoms with Gasteiger partial charge in [0, 0.05) is 29.9 Å². The number of hydrogen-bond donors (Lipinski definition) is 0. The van der Waals surface area contributed by atoms with Gasteiger partial charge in [0.25, 0.3) is 0 Å². The fourth-order valence-corrected chi connectivity index (χ4v) is 7.86. The van der Waals surface area contributed by atoms with Gasteiger partial charge in [-0.25, -0.2) is 13.4 Å². The van der Waals surface area contributed by atoms with Crippen molar-refractivity contribution in [1.82, 2.24) is 13.9 Å². The number of piperidine rings is 1. The highest BCUT2D eigenvalue weighted by molar-refractivity contribution is 7.98. The van der Waals surface area contributed by atoms with Crippen LogP contribution in [-0.4, -0.2) is 35.4 Å². The van der Waals surface area contributed by atoms with Crippen molar-refractivity contribution in [2.75, 3.05) is 13.1 Å². The lowest BCUT2D eigenvalue weighted by Gasteiger charge is -2.30. The Hall–Kier alpha value is -1.54. The largest absolute Gasteiger partial charge is 0.316 e. The minimum absolute atomic E-state index is 0.356. The van der Waals surface area contributed by atoms with Gasteiger partial charge >= 0.3 is 0 Å². The Labute approximate surface area is 205 Å².